The van der Waals surface area contributed by atoms with E-state index in [0.29, 0.717) is 33.8 Å². The highest BCUT2D eigenvalue weighted by atomic mass is 16.5. The standard InChI is InChI=1S/C48H33N3O9/c52-43(49-37-16-22-40(23-17-37)58-46(55)31-10-4-1-5-11-31)34-28-35(44(53)50-38-18-24-41(25-19-38)59-47(56)32-12-6-2-7-13-32)30-36(29-34)45(54)51-39-20-26-42(27-21-39)60-48(57)33-14-8-3-9-15-33/h1-30H,(H,49,52)(H,50,53)(H,51,54). The first-order valence-electron chi connectivity index (χ1n) is 18.4. The summed E-state index contributed by atoms with van der Waals surface area (Å²) in [6, 6.07) is 47.8. The monoisotopic (exact) mass is 795 g/mol. The van der Waals surface area contributed by atoms with Gasteiger partial charge in [0.05, 0.1) is 16.7 Å². The van der Waals surface area contributed by atoms with Crippen LogP contribution in [0, 0.1) is 0 Å². The molecule has 0 heterocycles. The Morgan fingerprint density at radius 1 is 0.283 bits per heavy atom. The fourth-order valence-electron chi connectivity index (χ4n) is 5.67. The molecule has 0 aliphatic rings. The highest BCUT2D eigenvalue weighted by Gasteiger charge is 2.19. The second kappa shape index (κ2) is 18.5. The van der Waals surface area contributed by atoms with Crippen LogP contribution in [0.5, 0.6) is 17.2 Å². The predicted molar refractivity (Wildman–Crippen MR) is 224 cm³/mol. The summed E-state index contributed by atoms with van der Waals surface area (Å²) < 4.78 is 16.3. The molecule has 7 aromatic rings. The third-order valence-electron chi connectivity index (χ3n) is 8.72. The van der Waals surface area contributed by atoms with Gasteiger partial charge in [-0.05, 0) is 127 Å². The number of hydrogen-bond acceptors (Lipinski definition) is 9. The summed E-state index contributed by atoms with van der Waals surface area (Å²) in [5.74, 6) is -2.78. The van der Waals surface area contributed by atoms with Crippen molar-refractivity contribution in [2.45, 2.75) is 0 Å². The van der Waals surface area contributed by atoms with Crippen molar-refractivity contribution in [2.24, 2.45) is 0 Å². The second-order valence-electron chi connectivity index (χ2n) is 13.0. The van der Waals surface area contributed by atoms with Crippen molar-refractivity contribution in [3.8, 4) is 17.2 Å². The topological polar surface area (TPSA) is 166 Å². The molecule has 3 amide bonds. The smallest absolute Gasteiger partial charge is 0.343 e. The average molecular weight is 796 g/mol. The molecule has 0 saturated carbocycles. The van der Waals surface area contributed by atoms with E-state index in [4.69, 9.17) is 14.2 Å². The first-order chi connectivity index (χ1) is 29.2. The molecule has 0 unspecified atom stereocenters. The van der Waals surface area contributed by atoms with E-state index in [-0.39, 0.29) is 33.9 Å². The Morgan fingerprint density at radius 2 is 0.517 bits per heavy atom. The van der Waals surface area contributed by atoms with E-state index in [9.17, 15) is 28.8 Å². The van der Waals surface area contributed by atoms with Gasteiger partial charge in [0, 0.05) is 33.8 Å². The Morgan fingerprint density at radius 3 is 0.750 bits per heavy atom. The number of esters is 3. The van der Waals surface area contributed by atoms with Crippen LogP contribution in [-0.4, -0.2) is 35.6 Å². The summed E-state index contributed by atoms with van der Waals surface area (Å²) in [6.45, 7) is 0. The summed E-state index contributed by atoms with van der Waals surface area (Å²) in [7, 11) is 0. The molecule has 60 heavy (non-hydrogen) atoms. The normalized spacial score (nSPS) is 10.4. The molecule has 7 rings (SSSR count). The van der Waals surface area contributed by atoms with Gasteiger partial charge in [-0.3, -0.25) is 14.4 Å². The van der Waals surface area contributed by atoms with Crippen molar-refractivity contribution in [1.82, 2.24) is 0 Å². The largest absolute Gasteiger partial charge is 0.423 e. The van der Waals surface area contributed by atoms with Gasteiger partial charge in [0.15, 0.2) is 0 Å². The van der Waals surface area contributed by atoms with Crippen LogP contribution in [0.4, 0.5) is 17.1 Å². The zero-order chi connectivity index (χ0) is 41.8. The van der Waals surface area contributed by atoms with E-state index in [1.165, 1.54) is 91.0 Å². The number of hydrogen-bond donors (Lipinski definition) is 3. The molecule has 0 aliphatic heterocycles. The number of anilines is 3. The molecule has 0 aromatic heterocycles. The lowest BCUT2D eigenvalue weighted by atomic mass is 10.0. The molecule has 294 valence electrons. The molecule has 12 nitrogen and oxygen atoms in total. The van der Waals surface area contributed by atoms with Crippen LogP contribution in [0.15, 0.2) is 182 Å². The van der Waals surface area contributed by atoms with Gasteiger partial charge in [0.2, 0.25) is 0 Å². The number of ether oxygens (including phenoxy) is 3. The quantitative estimate of drug-likeness (QED) is 0.0808. The summed E-state index contributed by atoms with van der Waals surface area (Å²) >= 11 is 0. The van der Waals surface area contributed by atoms with Gasteiger partial charge in [0.1, 0.15) is 17.2 Å². The third kappa shape index (κ3) is 10.4. The molecule has 12 heteroatoms. The highest BCUT2D eigenvalue weighted by molar-refractivity contribution is 6.13. The molecular weight excluding hydrogens is 763 g/mol. The predicted octanol–water partition coefficient (Wildman–Crippen LogP) is 9.10. The van der Waals surface area contributed by atoms with Gasteiger partial charge in [-0.1, -0.05) is 54.6 Å². The van der Waals surface area contributed by atoms with Gasteiger partial charge in [-0.25, -0.2) is 14.4 Å². The summed E-state index contributed by atoms with van der Waals surface area (Å²) in [4.78, 5) is 78.4. The SMILES string of the molecule is O=C(Nc1ccc(OC(=O)c2ccccc2)cc1)c1cc(C(=O)Nc2ccc(OC(=O)c3ccccc3)cc2)cc(C(=O)Nc2ccc(OC(=O)c3ccccc3)cc2)c1. The minimum absolute atomic E-state index is 0.0151. The van der Waals surface area contributed by atoms with E-state index < -0.39 is 35.6 Å². The van der Waals surface area contributed by atoms with Crippen LogP contribution >= 0.6 is 0 Å². The molecule has 0 bridgehead atoms. The Bertz CT molecular complexity index is 2360. The second-order valence-corrected chi connectivity index (χ2v) is 13.0. The molecule has 0 atom stereocenters. The van der Waals surface area contributed by atoms with Crippen LogP contribution in [0.25, 0.3) is 0 Å². The Balaban J connectivity index is 1.07. The molecule has 0 saturated heterocycles. The first kappa shape index (κ1) is 39.6. The minimum atomic E-state index is -0.637. The van der Waals surface area contributed by atoms with Gasteiger partial charge >= 0.3 is 17.9 Å². The summed E-state index contributed by atoms with van der Waals surface area (Å²) in [5.41, 5.74) is 2.13. The fourth-order valence-corrected chi connectivity index (χ4v) is 5.67. The Kier molecular flexibility index (Phi) is 12.2. The highest BCUT2D eigenvalue weighted by Crippen LogP contribution is 2.23. The minimum Gasteiger partial charge on any atom is -0.423 e. The van der Waals surface area contributed by atoms with E-state index in [0.717, 1.165) is 0 Å². The summed E-state index contributed by atoms with van der Waals surface area (Å²) in [5, 5.41) is 8.23. The zero-order valence-electron chi connectivity index (χ0n) is 31.5. The fraction of sp³-hybridized carbons (Fsp3) is 0. The number of benzene rings is 7. The van der Waals surface area contributed by atoms with Gasteiger partial charge in [0.25, 0.3) is 17.7 Å². The number of nitrogens with one attached hydrogen (secondary N) is 3. The summed E-state index contributed by atoms with van der Waals surface area (Å²) in [6.07, 6.45) is 0. The first-order valence-corrected chi connectivity index (χ1v) is 18.4. The van der Waals surface area contributed by atoms with E-state index in [1.807, 2.05) is 0 Å². The van der Waals surface area contributed by atoms with Crippen molar-refractivity contribution in [3.05, 3.63) is 215 Å². The maximum atomic E-state index is 13.6. The number of carbonyl (C=O) groups is 6. The number of carbonyl (C=O) groups excluding carboxylic acids is 6. The van der Waals surface area contributed by atoms with Crippen LogP contribution < -0.4 is 30.2 Å². The molecule has 0 aliphatic carbocycles. The molecule has 0 radical (unpaired) electrons. The van der Waals surface area contributed by atoms with Crippen LogP contribution in [0.2, 0.25) is 0 Å². The van der Waals surface area contributed by atoms with Crippen molar-refractivity contribution in [3.63, 3.8) is 0 Å². The van der Waals surface area contributed by atoms with Crippen LogP contribution in [0.3, 0.4) is 0 Å². The van der Waals surface area contributed by atoms with Gasteiger partial charge in [-0.15, -0.1) is 0 Å². The van der Waals surface area contributed by atoms with Crippen molar-refractivity contribution < 1.29 is 43.0 Å². The van der Waals surface area contributed by atoms with Gasteiger partial charge < -0.3 is 30.2 Å². The maximum Gasteiger partial charge on any atom is 0.343 e. The van der Waals surface area contributed by atoms with Crippen LogP contribution in [0.1, 0.15) is 62.1 Å². The lowest BCUT2D eigenvalue weighted by Crippen LogP contribution is -2.19. The molecular formula is C48H33N3O9. The zero-order valence-corrected chi connectivity index (χ0v) is 31.5. The lowest BCUT2D eigenvalue weighted by molar-refractivity contribution is 0.0725. The number of amides is 3. The van der Waals surface area contributed by atoms with E-state index in [2.05, 4.69) is 16.0 Å². The third-order valence-corrected chi connectivity index (χ3v) is 8.72. The number of rotatable bonds is 12. The van der Waals surface area contributed by atoms with Crippen molar-refractivity contribution in [1.29, 1.82) is 0 Å². The molecule has 0 fully saturated rings. The Labute approximate surface area is 343 Å². The molecule has 3 N–H and O–H groups in total. The van der Waals surface area contributed by atoms with E-state index >= 15 is 0 Å². The van der Waals surface area contributed by atoms with Crippen molar-refractivity contribution >= 4 is 52.7 Å². The van der Waals surface area contributed by atoms with Crippen LogP contribution in [-0.2, 0) is 0 Å². The Hall–Kier alpha value is -8.64. The van der Waals surface area contributed by atoms with E-state index in [1.54, 1.807) is 91.0 Å². The molecule has 0 spiro atoms. The van der Waals surface area contributed by atoms with Crippen molar-refractivity contribution in [2.75, 3.05) is 16.0 Å². The average Bonchev–Trinajstić information content (AvgIpc) is 3.29. The van der Waals surface area contributed by atoms with Gasteiger partial charge in [-0.2, -0.15) is 0 Å². The lowest BCUT2D eigenvalue weighted by Gasteiger charge is -2.12. The molecule has 7 aromatic carbocycles. The maximum absolute atomic E-state index is 13.6.